The molecule has 1 fully saturated rings. The number of aromatic nitrogens is 2. The highest BCUT2D eigenvalue weighted by atomic mass is 14.7. The monoisotopic (exact) mass is 342 g/mol. The van der Waals surface area contributed by atoms with Crippen molar-refractivity contribution in [2.24, 2.45) is 0 Å². The largest absolute Gasteiger partial charge is 0.264 e. The Hall–Kier alpha value is -2.48. The van der Waals surface area contributed by atoms with Crippen LogP contribution in [-0.4, -0.2) is 9.97 Å². The fourth-order valence-electron chi connectivity index (χ4n) is 4.09. The van der Waals surface area contributed by atoms with Crippen molar-refractivity contribution in [3.05, 3.63) is 83.9 Å². The summed E-state index contributed by atoms with van der Waals surface area (Å²) in [6, 6.07) is 17.5. The molecule has 0 radical (unpaired) electrons. The molecule has 0 saturated heterocycles. The minimum Gasteiger partial charge on any atom is -0.264 e. The molecule has 2 nitrogen and oxygen atoms in total. The van der Waals surface area contributed by atoms with Crippen molar-refractivity contribution >= 4 is 0 Å². The average molecular weight is 342 g/mol. The summed E-state index contributed by atoms with van der Waals surface area (Å²) in [5.74, 6) is 1.03. The van der Waals surface area contributed by atoms with Gasteiger partial charge in [0.05, 0.1) is 0 Å². The summed E-state index contributed by atoms with van der Waals surface area (Å²) in [7, 11) is 0. The second-order valence-electron chi connectivity index (χ2n) is 7.44. The van der Waals surface area contributed by atoms with Crippen molar-refractivity contribution in [2.75, 3.05) is 0 Å². The number of benzene rings is 1. The fourth-order valence-corrected chi connectivity index (χ4v) is 4.09. The molecule has 1 unspecified atom stereocenters. The molecule has 132 valence electrons. The molecular weight excluding hydrogens is 316 g/mol. The van der Waals surface area contributed by atoms with Gasteiger partial charge in [0.25, 0.3) is 0 Å². The van der Waals surface area contributed by atoms with Gasteiger partial charge < -0.3 is 0 Å². The van der Waals surface area contributed by atoms with Crippen LogP contribution in [0.15, 0.2) is 67.1 Å². The zero-order chi connectivity index (χ0) is 17.8. The molecule has 2 aromatic heterocycles. The third-order valence-corrected chi connectivity index (χ3v) is 5.71. The van der Waals surface area contributed by atoms with E-state index in [9.17, 15) is 0 Å². The molecule has 26 heavy (non-hydrogen) atoms. The van der Waals surface area contributed by atoms with Crippen LogP contribution in [0.2, 0.25) is 0 Å². The highest BCUT2D eigenvalue weighted by Crippen LogP contribution is 2.34. The van der Waals surface area contributed by atoms with Crippen LogP contribution < -0.4 is 0 Å². The molecule has 2 heteroatoms. The first-order chi connectivity index (χ1) is 12.8. The van der Waals surface area contributed by atoms with E-state index in [4.69, 9.17) is 0 Å². The fraction of sp³-hybridized carbons (Fsp3) is 0.333. The second kappa shape index (κ2) is 7.82. The smallest absolute Gasteiger partial charge is 0.0481 e. The van der Waals surface area contributed by atoms with Gasteiger partial charge in [-0.1, -0.05) is 56.5 Å². The average Bonchev–Trinajstić information content (AvgIpc) is 2.75. The number of hydrogen-bond donors (Lipinski definition) is 0. The molecule has 1 aliphatic rings. The summed E-state index contributed by atoms with van der Waals surface area (Å²) in [6.45, 7) is 2.26. The van der Waals surface area contributed by atoms with Crippen LogP contribution in [-0.2, 0) is 0 Å². The van der Waals surface area contributed by atoms with Gasteiger partial charge in [-0.25, -0.2) is 0 Å². The van der Waals surface area contributed by atoms with Crippen LogP contribution in [0, 0.1) is 0 Å². The summed E-state index contributed by atoms with van der Waals surface area (Å²) in [4.78, 5) is 8.90. The van der Waals surface area contributed by atoms with E-state index >= 15 is 0 Å². The molecule has 0 bridgehead atoms. The Bertz CT molecular complexity index is 851. The van der Waals surface area contributed by atoms with Gasteiger partial charge in [-0.15, -0.1) is 0 Å². The standard InChI is InChI=1S/C24H26N2/c1-18(20-9-5-10-21(15-20)19-7-3-2-4-8-19)24-16-22(12-14-26-24)23-11-6-13-25-17-23/h5-6,9-19H,2-4,7-8H2,1H3. The zero-order valence-corrected chi connectivity index (χ0v) is 15.4. The summed E-state index contributed by atoms with van der Waals surface area (Å²) in [6.07, 6.45) is 12.5. The normalized spacial score (nSPS) is 16.3. The minimum atomic E-state index is 0.287. The Balaban J connectivity index is 1.60. The number of hydrogen-bond acceptors (Lipinski definition) is 2. The number of pyridine rings is 2. The van der Waals surface area contributed by atoms with Crippen molar-refractivity contribution in [3.63, 3.8) is 0 Å². The zero-order valence-electron chi connectivity index (χ0n) is 15.4. The summed E-state index contributed by atoms with van der Waals surface area (Å²) in [5, 5.41) is 0. The van der Waals surface area contributed by atoms with Gasteiger partial charge in [0, 0.05) is 35.8 Å². The summed E-state index contributed by atoms with van der Waals surface area (Å²) in [5.41, 5.74) is 6.31. The SMILES string of the molecule is CC(c1cccc(C2CCCCC2)c1)c1cc(-c2cccnc2)ccn1. The van der Waals surface area contributed by atoms with Crippen LogP contribution in [0.25, 0.3) is 11.1 Å². The van der Waals surface area contributed by atoms with Gasteiger partial charge in [-0.05, 0) is 53.6 Å². The van der Waals surface area contributed by atoms with Crippen LogP contribution in [0.3, 0.4) is 0 Å². The predicted octanol–water partition coefficient (Wildman–Crippen LogP) is 6.34. The molecule has 3 aromatic rings. The van der Waals surface area contributed by atoms with Gasteiger partial charge in [0.1, 0.15) is 0 Å². The van der Waals surface area contributed by atoms with E-state index in [1.807, 2.05) is 24.7 Å². The lowest BCUT2D eigenvalue weighted by Gasteiger charge is -2.23. The van der Waals surface area contributed by atoms with Crippen LogP contribution >= 0.6 is 0 Å². The van der Waals surface area contributed by atoms with Crippen molar-refractivity contribution in [2.45, 2.75) is 50.9 Å². The van der Waals surface area contributed by atoms with Gasteiger partial charge >= 0.3 is 0 Å². The second-order valence-corrected chi connectivity index (χ2v) is 7.44. The minimum absolute atomic E-state index is 0.287. The number of rotatable bonds is 4. The van der Waals surface area contributed by atoms with E-state index in [-0.39, 0.29) is 5.92 Å². The lowest BCUT2D eigenvalue weighted by Crippen LogP contribution is -2.06. The molecular formula is C24H26N2. The highest BCUT2D eigenvalue weighted by Gasteiger charge is 2.17. The van der Waals surface area contributed by atoms with Crippen molar-refractivity contribution < 1.29 is 0 Å². The third kappa shape index (κ3) is 3.70. The first-order valence-corrected chi connectivity index (χ1v) is 9.77. The Morgan fingerprint density at radius 2 is 1.77 bits per heavy atom. The molecule has 0 amide bonds. The maximum Gasteiger partial charge on any atom is 0.0481 e. The topological polar surface area (TPSA) is 25.8 Å². The van der Waals surface area contributed by atoms with Crippen LogP contribution in [0.4, 0.5) is 0 Å². The van der Waals surface area contributed by atoms with Crippen LogP contribution in [0.1, 0.15) is 67.7 Å². The molecule has 0 N–H and O–H groups in total. The molecule has 0 aliphatic heterocycles. The van der Waals surface area contributed by atoms with E-state index in [2.05, 4.69) is 59.4 Å². The van der Waals surface area contributed by atoms with E-state index in [0.29, 0.717) is 0 Å². The molecule has 1 saturated carbocycles. The van der Waals surface area contributed by atoms with Crippen molar-refractivity contribution in [1.29, 1.82) is 0 Å². The van der Waals surface area contributed by atoms with Gasteiger partial charge in [0.2, 0.25) is 0 Å². The molecule has 2 heterocycles. The first kappa shape index (κ1) is 17.0. The Kier molecular flexibility index (Phi) is 5.10. The van der Waals surface area contributed by atoms with Crippen LogP contribution in [0.5, 0.6) is 0 Å². The quantitative estimate of drug-likeness (QED) is 0.552. The van der Waals surface area contributed by atoms with Crippen molar-refractivity contribution in [3.8, 4) is 11.1 Å². The number of nitrogens with zero attached hydrogens (tertiary/aromatic N) is 2. The van der Waals surface area contributed by atoms with E-state index in [0.717, 1.165) is 17.2 Å². The van der Waals surface area contributed by atoms with Gasteiger partial charge in [-0.2, -0.15) is 0 Å². The molecule has 0 spiro atoms. The van der Waals surface area contributed by atoms with E-state index in [1.54, 1.807) is 0 Å². The molecule has 4 rings (SSSR count). The Labute approximate surface area is 156 Å². The lowest BCUT2D eigenvalue weighted by molar-refractivity contribution is 0.443. The van der Waals surface area contributed by atoms with Gasteiger partial charge in [-0.3, -0.25) is 9.97 Å². The summed E-state index contributed by atoms with van der Waals surface area (Å²) < 4.78 is 0. The summed E-state index contributed by atoms with van der Waals surface area (Å²) >= 11 is 0. The maximum atomic E-state index is 4.66. The first-order valence-electron chi connectivity index (χ1n) is 9.77. The maximum absolute atomic E-state index is 4.66. The van der Waals surface area contributed by atoms with E-state index in [1.165, 1.54) is 48.8 Å². The third-order valence-electron chi connectivity index (χ3n) is 5.71. The van der Waals surface area contributed by atoms with Gasteiger partial charge in [0.15, 0.2) is 0 Å². The Morgan fingerprint density at radius 1 is 0.885 bits per heavy atom. The molecule has 1 aliphatic carbocycles. The predicted molar refractivity (Wildman–Crippen MR) is 107 cm³/mol. The highest BCUT2D eigenvalue weighted by molar-refractivity contribution is 5.62. The molecule has 1 atom stereocenters. The lowest BCUT2D eigenvalue weighted by atomic mass is 9.82. The molecule has 1 aromatic carbocycles. The van der Waals surface area contributed by atoms with Crippen molar-refractivity contribution in [1.82, 2.24) is 9.97 Å². The van der Waals surface area contributed by atoms with E-state index < -0.39 is 0 Å². The Morgan fingerprint density at radius 3 is 2.58 bits per heavy atom.